The van der Waals surface area contributed by atoms with Crippen LogP contribution in [0.2, 0.25) is 0 Å². The maximum absolute atomic E-state index is 11.6. The van der Waals surface area contributed by atoms with E-state index in [0.717, 1.165) is 21.4 Å². The van der Waals surface area contributed by atoms with Crippen molar-refractivity contribution in [1.82, 2.24) is 5.32 Å². The van der Waals surface area contributed by atoms with Gasteiger partial charge in [0.05, 0.1) is 5.56 Å². The summed E-state index contributed by atoms with van der Waals surface area (Å²) in [5.41, 5.74) is 0.193. The van der Waals surface area contributed by atoms with Crippen molar-refractivity contribution in [2.75, 3.05) is 0 Å². The average Bonchev–Trinajstić information content (AvgIpc) is 2.51. The van der Waals surface area contributed by atoms with E-state index < -0.39 is 5.97 Å². The summed E-state index contributed by atoms with van der Waals surface area (Å²) in [5, 5.41) is 18.1. The number of carbonyl (C=O) groups is 2. The molecule has 3 aromatic carbocycles. The highest BCUT2D eigenvalue weighted by Gasteiger charge is 2.14. The first-order chi connectivity index (χ1) is 10.6. The normalized spacial score (nSPS) is 13.2. The Labute approximate surface area is 125 Å². The summed E-state index contributed by atoms with van der Waals surface area (Å²) in [4.78, 5) is 23.0. The molecule has 0 saturated heterocycles. The predicted octanol–water partition coefficient (Wildman–Crippen LogP) is 1.35. The Kier molecular flexibility index (Phi) is 2.53. The number of aromatic carboxylic acids is 1. The van der Waals surface area contributed by atoms with E-state index in [1.54, 1.807) is 0 Å². The van der Waals surface area contributed by atoms with Crippen molar-refractivity contribution in [3.05, 3.63) is 58.5 Å². The Morgan fingerprint density at radius 3 is 2.36 bits per heavy atom. The molecule has 4 nitrogen and oxygen atoms in total. The molecule has 0 atom stereocenters. The number of fused-ring (bicyclic) bond motifs is 4. The van der Waals surface area contributed by atoms with E-state index >= 15 is 0 Å². The van der Waals surface area contributed by atoms with Gasteiger partial charge < -0.3 is 5.11 Å². The van der Waals surface area contributed by atoms with Crippen LogP contribution in [0.5, 0.6) is 0 Å². The summed E-state index contributed by atoms with van der Waals surface area (Å²) in [7, 11) is 0. The van der Waals surface area contributed by atoms with Gasteiger partial charge in [-0.15, -0.1) is 0 Å². The highest BCUT2D eigenvalue weighted by atomic mass is 16.4. The predicted molar refractivity (Wildman–Crippen MR) is 83.7 cm³/mol. The summed E-state index contributed by atoms with van der Waals surface area (Å²) in [5.74, 6) is -1.38. The second-order valence-corrected chi connectivity index (χ2v) is 5.22. The molecule has 0 spiro atoms. The third kappa shape index (κ3) is 1.78. The molecule has 4 heteroatoms. The fourth-order valence-corrected chi connectivity index (χ4v) is 2.89. The van der Waals surface area contributed by atoms with E-state index in [1.165, 1.54) is 18.3 Å². The molecule has 0 fully saturated rings. The Morgan fingerprint density at radius 2 is 1.68 bits per heavy atom. The van der Waals surface area contributed by atoms with Crippen LogP contribution in [0.4, 0.5) is 0 Å². The zero-order valence-electron chi connectivity index (χ0n) is 11.4. The van der Waals surface area contributed by atoms with Crippen LogP contribution in [-0.2, 0) is 4.79 Å². The molecule has 4 rings (SSSR count). The van der Waals surface area contributed by atoms with Crippen molar-refractivity contribution in [2.24, 2.45) is 0 Å². The Morgan fingerprint density at radius 1 is 1.00 bits per heavy atom. The quantitative estimate of drug-likeness (QED) is 0.687. The summed E-state index contributed by atoms with van der Waals surface area (Å²) in [6.07, 6.45) is 2.89. The molecule has 105 valence electrons. The molecular formula is C18H10NO3. The lowest BCUT2D eigenvalue weighted by molar-refractivity contribution is -0.114. The highest BCUT2D eigenvalue weighted by Crippen LogP contribution is 2.23. The van der Waals surface area contributed by atoms with Gasteiger partial charge in [0.15, 0.2) is 0 Å². The number of carbonyl (C=O) groups excluding carboxylic acids is 1. The number of nitrogens with zero attached hydrogens (tertiary/aromatic N) is 1. The second kappa shape index (κ2) is 4.43. The first-order valence-electron chi connectivity index (χ1n) is 6.79. The van der Waals surface area contributed by atoms with Crippen LogP contribution in [0.1, 0.15) is 10.4 Å². The molecule has 22 heavy (non-hydrogen) atoms. The highest BCUT2D eigenvalue weighted by molar-refractivity contribution is 6.12. The van der Waals surface area contributed by atoms with Crippen LogP contribution in [0.3, 0.4) is 0 Å². The van der Waals surface area contributed by atoms with Gasteiger partial charge in [0.25, 0.3) is 5.91 Å². The van der Waals surface area contributed by atoms with Gasteiger partial charge in [0.2, 0.25) is 0 Å². The third-order valence-electron chi connectivity index (χ3n) is 3.91. The Bertz CT molecular complexity index is 1100. The molecule has 0 saturated carbocycles. The molecule has 0 aromatic heterocycles. The molecule has 1 N–H and O–H groups in total. The van der Waals surface area contributed by atoms with Crippen LogP contribution in [0.15, 0.2) is 42.5 Å². The van der Waals surface area contributed by atoms with Crippen molar-refractivity contribution in [2.45, 2.75) is 0 Å². The van der Waals surface area contributed by atoms with Gasteiger partial charge in [-0.1, -0.05) is 24.3 Å². The minimum atomic E-state index is -1.01. The number of amides is 1. The minimum absolute atomic E-state index is 0.193. The summed E-state index contributed by atoms with van der Waals surface area (Å²) < 4.78 is 0. The third-order valence-corrected chi connectivity index (χ3v) is 3.91. The van der Waals surface area contributed by atoms with Gasteiger partial charge in [-0.2, -0.15) is 0 Å². The largest absolute Gasteiger partial charge is 0.478 e. The molecule has 1 radical (unpaired) electrons. The zero-order valence-corrected chi connectivity index (χ0v) is 11.4. The molecule has 0 aliphatic carbocycles. The van der Waals surface area contributed by atoms with Crippen LogP contribution < -0.4 is 15.8 Å². The number of carboxylic acids is 1. The van der Waals surface area contributed by atoms with Crippen molar-refractivity contribution in [3.63, 3.8) is 0 Å². The number of hydrogen-bond donors (Lipinski definition) is 1. The minimum Gasteiger partial charge on any atom is -0.478 e. The molecule has 1 amide bonds. The van der Waals surface area contributed by atoms with E-state index in [2.05, 4.69) is 5.32 Å². The monoisotopic (exact) mass is 288 g/mol. The van der Waals surface area contributed by atoms with Crippen molar-refractivity contribution in [3.8, 4) is 0 Å². The van der Waals surface area contributed by atoms with Crippen LogP contribution in [0.25, 0.3) is 33.8 Å². The first-order valence-corrected chi connectivity index (χ1v) is 6.79. The summed E-state index contributed by atoms with van der Waals surface area (Å²) >= 11 is 0. The lowest BCUT2D eigenvalue weighted by Crippen LogP contribution is -2.34. The molecule has 1 aliphatic heterocycles. The standard InChI is InChI=1S/C18H10NO3/c20-17-8-12-7-15(18(21)22)13-5-10-3-1-2-4-11(10)6-14(13)16(12)9-19-17/h1-9H,(H,21,22). The van der Waals surface area contributed by atoms with Crippen LogP contribution >= 0.6 is 0 Å². The maximum Gasteiger partial charge on any atom is 0.336 e. The van der Waals surface area contributed by atoms with E-state index in [0.29, 0.717) is 10.6 Å². The second-order valence-electron chi connectivity index (χ2n) is 5.22. The summed E-state index contributed by atoms with van der Waals surface area (Å²) in [6, 6.07) is 13.1. The Balaban J connectivity index is 2.29. The van der Waals surface area contributed by atoms with Crippen LogP contribution in [0, 0.1) is 0 Å². The molecule has 1 heterocycles. The Hall–Kier alpha value is -3.14. The lowest BCUT2D eigenvalue weighted by atomic mass is 9.96. The van der Waals surface area contributed by atoms with Gasteiger partial charge in [-0.3, -0.25) is 4.79 Å². The van der Waals surface area contributed by atoms with Crippen LogP contribution in [-0.4, -0.2) is 17.0 Å². The van der Waals surface area contributed by atoms with Gasteiger partial charge >= 0.3 is 5.97 Å². The first kappa shape index (κ1) is 12.6. The van der Waals surface area contributed by atoms with E-state index in [1.807, 2.05) is 36.4 Å². The van der Waals surface area contributed by atoms with Gasteiger partial charge in [0, 0.05) is 17.5 Å². The zero-order chi connectivity index (χ0) is 15.3. The fraction of sp³-hybridized carbons (Fsp3) is 0. The average molecular weight is 288 g/mol. The van der Waals surface area contributed by atoms with E-state index in [-0.39, 0.29) is 11.5 Å². The summed E-state index contributed by atoms with van der Waals surface area (Å²) in [6.45, 7) is 0. The van der Waals surface area contributed by atoms with Gasteiger partial charge in [-0.05, 0) is 45.0 Å². The number of benzene rings is 3. The maximum atomic E-state index is 11.6. The topological polar surface area (TPSA) is 68.5 Å². The van der Waals surface area contributed by atoms with Crippen molar-refractivity contribution >= 4 is 45.7 Å². The smallest absolute Gasteiger partial charge is 0.336 e. The SMILES string of the molecule is O=C1C=c2cc(C(=O)O)c3cc4ccccc4cc3c2=C[N]1. The van der Waals surface area contributed by atoms with Gasteiger partial charge in [0.1, 0.15) is 0 Å². The molecule has 0 bridgehead atoms. The number of rotatable bonds is 1. The number of hydrogen-bond acceptors (Lipinski definition) is 2. The van der Waals surface area contributed by atoms with E-state index in [9.17, 15) is 14.7 Å². The van der Waals surface area contributed by atoms with Crippen molar-refractivity contribution in [1.29, 1.82) is 0 Å². The molecule has 1 aliphatic rings. The molecule has 0 unspecified atom stereocenters. The van der Waals surface area contributed by atoms with Gasteiger partial charge in [-0.25, -0.2) is 10.1 Å². The number of carboxylic acid groups (broad SMARTS) is 1. The van der Waals surface area contributed by atoms with E-state index in [4.69, 9.17) is 0 Å². The molecule has 3 aromatic rings. The van der Waals surface area contributed by atoms with Crippen molar-refractivity contribution < 1.29 is 14.7 Å². The molecular weight excluding hydrogens is 278 g/mol. The lowest BCUT2D eigenvalue weighted by Gasteiger charge is -2.09. The fourth-order valence-electron chi connectivity index (χ4n) is 2.89.